The van der Waals surface area contributed by atoms with Crippen LogP contribution in [-0.4, -0.2) is 58.1 Å². The number of carbonyl (C=O) groups excluding carboxylic acids is 1. The lowest BCUT2D eigenvalue weighted by atomic mass is 10.1. The molecule has 116 valence electrons. The van der Waals surface area contributed by atoms with Crippen LogP contribution in [0.15, 0.2) is 12.4 Å². The number of aryl methyl sites for hydroxylation is 1. The molecule has 1 aromatic heterocycles. The molecule has 1 fully saturated rings. The lowest BCUT2D eigenvalue weighted by Crippen LogP contribution is -2.48. The van der Waals surface area contributed by atoms with E-state index in [1.54, 1.807) is 25.2 Å². The average molecular weight is 296 g/mol. The minimum Gasteiger partial charge on any atom is -0.479 e. The molecule has 0 aromatic carbocycles. The molecule has 0 radical (unpaired) electrons. The second-order valence-electron chi connectivity index (χ2n) is 5.12. The van der Waals surface area contributed by atoms with Gasteiger partial charge in [0, 0.05) is 45.1 Å². The van der Waals surface area contributed by atoms with Gasteiger partial charge in [0.25, 0.3) is 0 Å². The van der Waals surface area contributed by atoms with Gasteiger partial charge in [-0.1, -0.05) is 0 Å². The standard InChI is InChI=1S/C13H20N4O4/c1-16-8-9(7-14-16)11(12(18)19)15-13(20)17(2)10-3-5-21-6-4-10/h7-8,10-11H,3-6H2,1-2H3,(H,15,20)(H,18,19). The summed E-state index contributed by atoms with van der Waals surface area (Å²) >= 11 is 0. The first-order valence-electron chi connectivity index (χ1n) is 6.81. The number of hydrogen-bond acceptors (Lipinski definition) is 4. The molecule has 1 saturated heterocycles. The molecule has 0 aliphatic carbocycles. The van der Waals surface area contributed by atoms with Crippen LogP contribution in [0.5, 0.6) is 0 Å². The zero-order valence-corrected chi connectivity index (χ0v) is 12.2. The minimum atomic E-state index is -1.11. The zero-order chi connectivity index (χ0) is 15.4. The molecule has 0 saturated carbocycles. The number of aromatic nitrogens is 2. The number of ether oxygens (including phenoxy) is 1. The Balaban J connectivity index is 2.02. The molecule has 21 heavy (non-hydrogen) atoms. The van der Waals surface area contributed by atoms with E-state index in [-0.39, 0.29) is 6.04 Å². The summed E-state index contributed by atoms with van der Waals surface area (Å²) in [6, 6.07) is -1.44. The van der Waals surface area contributed by atoms with Gasteiger partial charge in [-0.15, -0.1) is 0 Å². The number of carboxylic acids is 1. The van der Waals surface area contributed by atoms with Crippen molar-refractivity contribution in [1.29, 1.82) is 0 Å². The second-order valence-corrected chi connectivity index (χ2v) is 5.12. The van der Waals surface area contributed by atoms with E-state index in [1.807, 2.05) is 0 Å². The third-order valence-electron chi connectivity index (χ3n) is 3.63. The van der Waals surface area contributed by atoms with Crippen molar-refractivity contribution in [2.24, 2.45) is 7.05 Å². The maximum Gasteiger partial charge on any atom is 0.331 e. The Bertz CT molecular complexity index is 510. The lowest BCUT2D eigenvalue weighted by molar-refractivity contribution is -0.139. The highest BCUT2D eigenvalue weighted by atomic mass is 16.5. The third kappa shape index (κ3) is 3.72. The fourth-order valence-corrected chi connectivity index (χ4v) is 2.34. The number of amides is 2. The largest absolute Gasteiger partial charge is 0.479 e. The number of carbonyl (C=O) groups is 2. The highest BCUT2D eigenvalue weighted by molar-refractivity contribution is 5.83. The van der Waals surface area contributed by atoms with Gasteiger partial charge >= 0.3 is 12.0 Å². The van der Waals surface area contributed by atoms with E-state index in [4.69, 9.17) is 4.74 Å². The van der Waals surface area contributed by atoms with Gasteiger partial charge in [0.05, 0.1) is 6.20 Å². The monoisotopic (exact) mass is 296 g/mol. The van der Waals surface area contributed by atoms with Crippen LogP contribution in [0, 0.1) is 0 Å². The quantitative estimate of drug-likeness (QED) is 0.836. The Labute approximate surface area is 122 Å². The predicted molar refractivity (Wildman–Crippen MR) is 73.7 cm³/mol. The summed E-state index contributed by atoms with van der Waals surface area (Å²) in [6.45, 7) is 1.24. The topological polar surface area (TPSA) is 96.7 Å². The first-order chi connectivity index (χ1) is 9.99. The van der Waals surface area contributed by atoms with E-state index < -0.39 is 18.0 Å². The maximum absolute atomic E-state index is 12.2. The van der Waals surface area contributed by atoms with Crippen molar-refractivity contribution in [3.05, 3.63) is 18.0 Å². The Morgan fingerprint density at radius 2 is 2.19 bits per heavy atom. The maximum atomic E-state index is 12.2. The van der Waals surface area contributed by atoms with Gasteiger partial charge in [-0.25, -0.2) is 9.59 Å². The Kier molecular flexibility index (Phi) is 4.79. The third-order valence-corrected chi connectivity index (χ3v) is 3.63. The summed E-state index contributed by atoms with van der Waals surface area (Å²) in [4.78, 5) is 25.1. The van der Waals surface area contributed by atoms with E-state index in [9.17, 15) is 14.7 Å². The van der Waals surface area contributed by atoms with Crippen molar-refractivity contribution in [2.45, 2.75) is 24.9 Å². The second kappa shape index (κ2) is 6.57. The molecular weight excluding hydrogens is 276 g/mol. The van der Waals surface area contributed by atoms with Crippen LogP contribution in [0.1, 0.15) is 24.4 Å². The normalized spacial score (nSPS) is 17.2. The first-order valence-corrected chi connectivity index (χ1v) is 6.81. The summed E-state index contributed by atoms with van der Waals surface area (Å²) in [5.41, 5.74) is 0.443. The van der Waals surface area contributed by atoms with E-state index >= 15 is 0 Å². The van der Waals surface area contributed by atoms with Gasteiger partial charge in [-0.3, -0.25) is 4.68 Å². The van der Waals surface area contributed by atoms with Gasteiger partial charge in [-0.05, 0) is 12.8 Å². The fourth-order valence-electron chi connectivity index (χ4n) is 2.34. The number of nitrogens with zero attached hydrogens (tertiary/aromatic N) is 3. The van der Waals surface area contributed by atoms with Gasteiger partial charge in [0.1, 0.15) is 0 Å². The summed E-state index contributed by atoms with van der Waals surface area (Å²) < 4.78 is 6.76. The molecule has 1 atom stereocenters. The molecule has 1 aliphatic heterocycles. The highest BCUT2D eigenvalue weighted by Gasteiger charge is 2.28. The minimum absolute atomic E-state index is 0.0714. The van der Waals surface area contributed by atoms with Crippen LogP contribution in [0.3, 0.4) is 0 Å². The zero-order valence-electron chi connectivity index (χ0n) is 12.2. The number of rotatable bonds is 4. The Morgan fingerprint density at radius 1 is 1.52 bits per heavy atom. The summed E-state index contributed by atoms with van der Waals surface area (Å²) in [6.07, 6.45) is 4.53. The van der Waals surface area contributed by atoms with E-state index in [2.05, 4.69) is 10.4 Å². The number of nitrogens with one attached hydrogen (secondary N) is 1. The van der Waals surface area contributed by atoms with Crippen molar-refractivity contribution < 1.29 is 19.4 Å². The molecular formula is C13H20N4O4. The van der Waals surface area contributed by atoms with Crippen LogP contribution in [0.25, 0.3) is 0 Å². The van der Waals surface area contributed by atoms with Crippen LogP contribution in [-0.2, 0) is 16.6 Å². The van der Waals surface area contributed by atoms with Gasteiger partial charge in [0.15, 0.2) is 6.04 Å². The smallest absolute Gasteiger partial charge is 0.331 e. The first kappa shape index (κ1) is 15.3. The van der Waals surface area contributed by atoms with Gasteiger partial charge in [0.2, 0.25) is 0 Å². The van der Waals surface area contributed by atoms with Crippen molar-refractivity contribution >= 4 is 12.0 Å². The van der Waals surface area contributed by atoms with E-state index in [0.717, 1.165) is 12.8 Å². The highest BCUT2D eigenvalue weighted by Crippen LogP contribution is 2.16. The van der Waals surface area contributed by atoms with Crippen molar-refractivity contribution in [3.63, 3.8) is 0 Å². The van der Waals surface area contributed by atoms with Crippen molar-refractivity contribution in [3.8, 4) is 0 Å². The molecule has 8 heteroatoms. The molecule has 2 heterocycles. The Hall–Kier alpha value is -2.09. The molecule has 8 nitrogen and oxygen atoms in total. The van der Waals surface area contributed by atoms with Crippen LogP contribution in [0.4, 0.5) is 4.79 Å². The van der Waals surface area contributed by atoms with Crippen LogP contribution < -0.4 is 5.32 Å². The van der Waals surface area contributed by atoms with Crippen molar-refractivity contribution in [1.82, 2.24) is 20.0 Å². The van der Waals surface area contributed by atoms with Gasteiger partial charge < -0.3 is 20.1 Å². The number of aliphatic carboxylic acids is 1. The summed E-state index contributed by atoms with van der Waals surface area (Å²) in [5.74, 6) is -1.11. The summed E-state index contributed by atoms with van der Waals surface area (Å²) in [7, 11) is 3.37. The lowest BCUT2D eigenvalue weighted by Gasteiger charge is -2.32. The average Bonchev–Trinajstić information content (AvgIpc) is 2.90. The molecule has 1 unspecified atom stereocenters. The van der Waals surface area contributed by atoms with Crippen LogP contribution >= 0.6 is 0 Å². The van der Waals surface area contributed by atoms with Crippen molar-refractivity contribution in [2.75, 3.05) is 20.3 Å². The molecule has 1 aliphatic rings. The molecule has 2 rings (SSSR count). The molecule has 2 amide bonds. The Morgan fingerprint density at radius 3 is 2.71 bits per heavy atom. The van der Waals surface area contributed by atoms with Crippen LogP contribution in [0.2, 0.25) is 0 Å². The number of carboxylic acid groups (broad SMARTS) is 1. The van der Waals surface area contributed by atoms with E-state index in [1.165, 1.54) is 10.9 Å². The number of hydrogen-bond donors (Lipinski definition) is 2. The fraction of sp³-hybridized carbons (Fsp3) is 0.615. The molecule has 0 bridgehead atoms. The SMILES string of the molecule is CN(C(=O)NC(C(=O)O)c1cnn(C)c1)C1CCOCC1. The molecule has 0 spiro atoms. The van der Waals surface area contributed by atoms with E-state index in [0.29, 0.717) is 18.8 Å². The number of urea groups is 1. The molecule has 1 aromatic rings. The predicted octanol–water partition coefficient (Wildman–Crippen LogP) is 0.366. The molecule has 2 N–H and O–H groups in total. The summed E-state index contributed by atoms with van der Waals surface area (Å²) in [5, 5.41) is 15.8. The van der Waals surface area contributed by atoms with Gasteiger partial charge in [-0.2, -0.15) is 5.10 Å².